The molecule has 2 N–H and O–H groups in total. The van der Waals surface area contributed by atoms with Gasteiger partial charge in [0.2, 0.25) is 11.7 Å². The van der Waals surface area contributed by atoms with E-state index in [1.165, 1.54) is 12.1 Å². The Balaban J connectivity index is 1.46. The zero-order valence-electron chi connectivity index (χ0n) is 16.6. The molecule has 0 spiro atoms. The lowest BCUT2D eigenvalue weighted by molar-refractivity contribution is -0.384. The zero-order chi connectivity index (χ0) is 22.1. The Hall–Kier alpha value is -4.54. The van der Waals surface area contributed by atoms with Crippen LogP contribution >= 0.6 is 0 Å². The predicted octanol–water partition coefficient (Wildman–Crippen LogP) is 3.70. The number of urea groups is 1. The van der Waals surface area contributed by atoms with E-state index in [0.29, 0.717) is 17.7 Å². The third-order valence-corrected chi connectivity index (χ3v) is 5.23. The fourth-order valence-corrected chi connectivity index (χ4v) is 3.63. The molecule has 4 aromatic rings. The van der Waals surface area contributed by atoms with Crippen LogP contribution in [-0.2, 0) is 13.0 Å². The Bertz CT molecular complexity index is 1280. The molecule has 32 heavy (non-hydrogen) atoms. The molecule has 0 radical (unpaired) electrons. The van der Waals surface area contributed by atoms with E-state index >= 15 is 0 Å². The van der Waals surface area contributed by atoms with Crippen molar-refractivity contribution in [1.82, 2.24) is 25.0 Å². The number of nitrogens with one attached hydrogen (secondary N) is 2. The van der Waals surface area contributed by atoms with Gasteiger partial charge in [-0.2, -0.15) is 4.98 Å². The highest BCUT2D eigenvalue weighted by Gasteiger charge is 2.36. The lowest BCUT2D eigenvalue weighted by atomic mass is 10.0. The van der Waals surface area contributed by atoms with Crippen molar-refractivity contribution in [2.75, 3.05) is 5.32 Å². The summed E-state index contributed by atoms with van der Waals surface area (Å²) in [5, 5.41) is 17.9. The van der Waals surface area contributed by atoms with Crippen molar-refractivity contribution in [2.24, 2.45) is 0 Å². The van der Waals surface area contributed by atoms with Crippen LogP contribution < -0.4 is 5.32 Å². The number of H-pyrrole nitrogens is 1. The molecule has 0 unspecified atom stereocenters. The highest BCUT2D eigenvalue weighted by Crippen LogP contribution is 2.33. The molecular weight excluding hydrogens is 414 g/mol. The first-order valence-electron chi connectivity index (χ1n) is 9.80. The number of imidazole rings is 1. The van der Waals surface area contributed by atoms with Crippen LogP contribution in [0, 0.1) is 10.1 Å². The van der Waals surface area contributed by atoms with Gasteiger partial charge < -0.3 is 19.7 Å². The predicted molar refractivity (Wildman–Crippen MR) is 112 cm³/mol. The van der Waals surface area contributed by atoms with Gasteiger partial charge in [-0.05, 0) is 12.1 Å². The molecule has 0 bridgehead atoms. The third-order valence-electron chi connectivity index (χ3n) is 5.23. The van der Waals surface area contributed by atoms with Crippen molar-refractivity contribution < 1.29 is 14.2 Å². The first-order chi connectivity index (χ1) is 15.6. The number of hydrogen-bond acceptors (Lipinski definition) is 7. The Kier molecular flexibility index (Phi) is 4.82. The topological polar surface area (TPSA) is 143 Å². The van der Waals surface area contributed by atoms with Crippen LogP contribution in [0.5, 0.6) is 0 Å². The summed E-state index contributed by atoms with van der Waals surface area (Å²) in [6.07, 6.45) is 1.97. The van der Waals surface area contributed by atoms with Gasteiger partial charge in [0.25, 0.3) is 5.69 Å². The van der Waals surface area contributed by atoms with E-state index in [-0.39, 0.29) is 30.0 Å². The number of aromatic amines is 1. The van der Waals surface area contributed by atoms with Gasteiger partial charge in [-0.15, -0.1) is 0 Å². The Morgan fingerprint density at radius 1 is 1.22 bits per heavy atom. The van der Waals surface area contributed by atoms with Gasteiger partial charge in [0.1, 0.15) is 6.04 Å². The number of para-hydroxylation sites is 1. The van der Waals surface area contributed by atoms with E-state index in [2.05, 4.69) is 25.4 Å². The van der Waals surface area contributed by atoms with Gasteiger partial charge in [-0.1, -0.05) is 35.5 Å². The molecule has 3 heterocycles. The standard InChI is InChI=1S/C21H17N7O4/c29-21(24-14-6-2-1-3-7-14)27-11-17-16(22-12-23-17)10-18(27)20-25-19(26-32-20)13-5-4-8-15(9-13)28(30)31/h1-9,12,18H,10-11H2,(H,22,23)(H,24,29)/t18-/m0/s1. The Morgan fingerprint density at radius 3 is 2.88 bits per heavy atom. The molecule has 1 aliphatic heterocycles. The number of non-ortho nitro benzene ring substituents is 1. The number of nitro groups is 1. The van der Waals surface area contributed by atoms with Crippen LogP contribution in [0.4, 0.5) is 16.2 Å². The monoisotopic (exact) mass is 431 g/mol. The summed E-state index contributed by atoms with van der Waals surface area (Å²) < 4.78 is 5.49. The molecule has 2 amide bonds. The molecule has 2 aromatic heterocycles. The van der Waals surface area contributed by atoms with E-state index in [9.17, 15) is 14.9 Å². The highest BCUT2D eigenvalue weighted by molar-refractivity contribution is 5.89. The number of carbonyl (C=O) groups is 1. The van der Waals surface area contributed by atoms with Gasteiger partial charge in [0.15, 0.2) is 0 Å². The number of rotatable bonds is 4. The smallest absolute Gasteiger partial charge is 0.322 e. The number of aromatic nitrogens is 4. The summed E-state index contributed by atoms with van der Waals surface area (Å²) in [4.78, 5) is 37.1. The van der Waals surface area contributed by atoms with E-state index < -0.39 is 11.0 Å². The van der Waals surface area contributed by atoms with Crippen molar-refractivity contribution in [1.29, 1.82) is 0 Å². The normalized spacial score (nSPS) is 15.2. The molecule has 160 valence electrons. The molecule has 11 heteroatoms. The third kappa shape index (κ3) is 3.67. The molecule has 0 fully saturated rings. The molecule has 2 aromatic carbocycles. The number of benzene rings is 2. The number of nitrogens with zero attached hydrogens (tertiary/aromatic N) is 5. The minimum absolute atomic E-state index is 0.0726. The lowest BCUT2D eigenvalue weighted by Gasteiger charge is -2.32. The van der Waals surface area contributed by atoms with Crippen molar-refractivity contribution in [3.05, 3.63) is 88.3 Å². The molecule has 1 aliphatic rings. The highest BCUT2D eigenvalue weighted by atomic mass is 16.6. The maximum atomic E-state index is 13.1. The average molecular weight is 431 g/mol. The summed E-state index contributed by atoms with van der Waals surface area (Å²) >= 11 is 0. The van der Waals surface area contributed by atoms with Crippen LogP contribution in [0.15, 0.2) is 65.4 Å². The lowest BCUT2D eigenvalue weighted by Crippen LogP contribution is -2.41. The molecule has 0 aliphatic carbocycles. The van der Waals surface area contributed by atoms with E-state index in [1.54, 1.807) is 35.5 Å². The van der Waals surface area contributed by atoms with Gasteiger partial charge >= 0.3 is 6.03 Å². The second kappa shape index (κ2) is 7.95. The van der Waals surface area contributed by atoms with Gasteiger partial charge in [0.05, 0.1) is 29.2 Å². The number of carbonyl (C=O) groups excluding carboxylic acids is 1. The molecule has 5 rings (SSSR count). The van der Waals surface area contributed by atoms with E-state index in [4.69, 9.17) is 4.52 Å². The molecule has 11 nitrogen and oxygen atoms in total. The first kappa shape index (κ1) is 19.4. The molecule has 0 saturated heterocycles. The maximum absolute atomic E-state index is 13.1. The van der Waals surface area contributed by atoms with Crippen molar-refractivity contribution in [3.8, 4) is 11.4 Å². The summed E-state index contributed by atoms with van der Waals surface area (Å²) in [5.74, 6) is 0.434. The number of nitro benzene ring substituents is 1. The number of amides is 2. The van der Waals surface area contributed by atoms with Crippen LogP contribution in [-0.4, -0.2) is 36.0 Å². The van der Waals surface area contributed by atoms with E-state index in [1.807, 2.05) is 18.2 Å². The Morgan fingerprint density at radius 2 is 2.06 bits per heavy atom. The van der Waals surface area contributed by atoms with Crippen molar-refractivity contribution in [2.45, 2.75) is 19.0 Å². The number of fused-ring (bicyclic) bond motifs is 1. The average Bonchev–Trinajstić information content (AvgIpc) is 3.48. The van der Waals surface area contributed by atoms with Crippen molar-refractivity contribution >= 4 is 17.4 Å². The summed E-state index contributed by atoms with van der Waals surface area (Å²) in [7, 11) is 0. The summed E-state index contributed by atoms with van der Waals surface area (Å²) in [6, 6.07) is 14.2. The largest absolute Gasteiger partial charge is 0.347 e. The Labute approximate surface area is 181 Å². The molecule has 0 saturated carbocycles. The van der Waals surface area contributed by atoms with E-state index in [0.717, 1.165) is 11.4 Å². The fraction of sp³-hybridized carbons (Fsp3) is 0.143. The second-order valence-electron chi connectivity index (χ2n) is 7.24. The SMILES string of the molecule is O=C(Nc1ccccc1)N1Cc2[nH]cnc2C[C@H]1c1nc(-c2cccc([N+](=O)[O-])c2)no1. The minimum Gasteiger partial charge on any atom is -0.347 e. The fourth-order valence-electron chi connectivity index (χ4n) is 3.63. The number of hydrogen-bond donors (Lipinski definition) is 2. The second-order valence-corrected chi connectivity index (χ2v) is 7.24. The van der Waals surface area contributed by atoms with Crippen LogP contribution in [0.3, 0.4) is 0 Å². The van der Waals surface area contributed by atoms with Crippen LogP contribution in [0.1, 0.15) is 23.3 Å². The quantitative estimate of drug-likeness (QED) is 0.370. The number of anilines is 1. The first-order valence-corrected chi connectivity index (χ1v) is 9.80. The van der Waals surface area contributed by atoms with Crippen molar-refractivity contribution in [3.63, 3.8) is 0 Å². The van der Waals surface area contributed by atoms with Gasteiger partial charge in [-0.3, -0.25) is 10.1 Å². The molecular formula is C21H17N7O4. The summed E-state index contributed by atoms with van der Waals surface area (Å²) in [6.45, 7) is 0.285. The van der Waals surface area contributed by atoms with Crippen LogP contribution in [0.2, 0.25) is 0 Å². The minimum atomic E-state index is -0.547. The van der Waals surface area contributed by atoms with Gasteiger partial charge in [0, 0.05) is 29.8 Å². The van der Waals surface area contributed by atoms with Gasteiger partial charge in [-0.25, -0.2) is 9.78 Å². The zero-order valence-corrected chi connectivity index (χ0v) is 16.6. The summed E-state index contributed by atoms with van der Waals surface area (Å²) in [5.41, 5.74) is 2.69. The van der Waals surface area contributed by atoms with Crippen LogP contribution in [0.25, 0.3) is 11.4 Å². The maximum Gasteiger partial charge on any atom is 0.322 e. The molecule has 1 atom stereocenters.